The van der Waals surface area contributed by atoms with E-state index in [1.807, 2.05) is 0 Å². The zero-order valence-corrected chi connectivity index (χ0v) is 8.34. The van der Waals surface area contributed by atoms with Gasteiger partial charge in [0.15, 0.2) is 0 Å². The van der Waals surface area contributed by atoms with E-state index >= 15 is 0 Å². The maximum Gasteiger partial charge on any atom is 0.455 e. The van der Waals surface area contributed by atoms with Crippen LogP contribution in [0.5, 0.6) is 0 Å². The molecule has 0 aromatic heterocycles. The van der Waals surface area contributed by atoms with Gasteiger partial charge in [-0.1, -0.05) is 0 Å². The van der Waals surface area contributed by atoms with Gasteiger partial charge in [-0.25, -0.2) is 0 Å². The van der Waals surface area contributed by atoms with E-state index in [4.69, 9.17) is 10.2 Å². The number of halogens is 11. The van der Waals surface area contributed by atoms with E-state index in [1.165, 1.54) is 0 Å². The van der Waals surface area contributed by atoms with Crippen LogP contribution in [0.2, 0.25) is 0 Å². The average Bonchev–Trinajstić information content (AvgIpc) is 2.13. The van der Waals surface area contributed by atoms with Crippen LogP contribution in [0.15, 0.2) is 0 Å². The minimum atomic E-state index is -5.64. The Morgan fingerprint density at radius 3 is 0.947 bits per heavy atom. The van der Waals surface area contributed by atoms with Crippen molar-refractivity contribution in [3.63, 3.8) is 0 Å². The van der Waals surface area contributed by atoms with Crippen molar-refractivity contribution in [3.8, 4) is 0 Å². The van der Waals surface area contributed by atoms with Crippen LogP contribution in [0.4, 0.5) is 48.3 Å². The van der Waals surface area contributed by atoms with Gasteiger partial charge in [-0.05, 0) is 0 Å². The second-order valence-electron chi connectivity index (χ2n) is 2.85. The summed E-state index contributed by atoms with van der Waals surface area (Å²) in [6, 6.07) is 0. The van der Waals surface area contributed by atoms with Crippen LogP contribution in [0.3, 0.4) is 0 Å². The van der Waals surface area contributed by atoms with Crippen molar-refractivity contribution in [2.75, 3.05) is 6.61 Å². The van der Waals surface area contributed by atoms with Crippen LogP contribution in [0.1, 0.15) is 0 Å². The zero-order chi connectivity index (χ0) is 16.3. The molecule has 0 aromatic rings. The Bertz CT molecular complexity index is 248. The van der Waals surface area contributed by atoms with Crippen LogP contribution >= 0.6 is 0 Å². The van der Waals surface area contributed by atoms with Crippen LogP contribution in [-0.2, 0) is 0 Å². The van der Waals surface area contributed by atoms with Gasteiger partial charge in [-0.2, -0.15) is 48.3 Å². The largest absolute Gasteiger partial charge is 0.455 e. The second kappa shape index (κ2) is 6.07. The van der Waals surface area contributed by atoms with Gasteiger partial charge in [0.1, 0.15) is 6.61 Å². The number of hydrogen-bond acceptors (Lipinski definition) is 2. The highest BCUT2D eigenvalue weighted by molar-refractivity contribution is 4.73. The standard InChI is InChI=1S/C3H2F6O.C3H3F5O/c4-2(5,6)1(10)3(7,8)9;4-2(5,1-9)3(6,7)8/h1,10H;9H,1H2. The molecule has 0 spiro atoms. The molecule has 13 heteroatoms. The van der Waals surface area contributed by atoms with Gasteiger partial charge in [0.05, 0.1) is 0 Å². The van der Waals surface area contributed by atoms with Gasteiger partial charge < -0.3 is 10.2 Å². The topological polar surface area (TPSA) is 40.5 Å². The first-order valence-electron chi connectivity index (χ1n) is 3.83. The first-order chi connectivity index (χ1) is 7.97. The molecule has 0 saturated carbocycles. The summed E-state index contributed by atoms with van der Waals surface area (Å²) < 4.78 is 121. The molecule has 0 fully saturated rings. The first-order valence-corrected chi connectivity index (χ1v) is 3.83. The van der Waals surface area contributed by atoms with E-state index in [1.54, 1.807) is 0 Å². The first kappa shape index (κ1) is 20.5. The molecule has 0 saturated heterocycles. The number of rotatable bonds is 1. The molecule has 0 rings (SSSR count). The highest BCUT2D eigenvalue weighted by atomic mass is 19.4. The molecule has 0 radical (unpaired) electrons. The summed E-state index contributed by atoms with van der Waals surface area (Å²) in [6.45, 7) is -2.20. The summed E-state index contributed by atoms with van der Waals surface area (Å²) in [5.41, 5.74) is 0. The third-order valence-electron chi connectivity index (χ3n) is 1.23. The molecule has 0 atom stereocenters. The van der Waals surface area contributed by atoms with Crippen LogP contribution in [0.25, 0.3) is 0 Å². The highest BCUT2D eigenvalue weighted by Gasteiger charge is 2.57. The van der Waals surface area contributed by atoms with Crippen LogP contribution in [-0.4, -0.2) is 47.4 Å². The lowest BCUT2D eigenvalue weighted by Gasteiger charge is -2.16. The van der Waals surface area contributed by atoms with E-state index in [2.05, 4.69) is 0 Å². The Morgan fingerprint density at radius 1 is 0.684 bits per heavy atom. The summed E-state index contributed by atoms with van der Waals surface area (Å²) in [6.07, 6.45) is -21.1. The summed E-state index contributed by atoms with van der Waals surface area (Å²) in [5.74, 6) is -4.97. The Labute approximate surface area is 97.0 Å². The van der Waals surface area contributed by atoms with Crippen molar-refractivity contribution in [1.29, 1.82) is 0 Å². The normalized spacial score (nSPS) is 14.2. The monoisotopic (exact) mass is 318 g/mol. The van der Waals surface area contributed by atoms with Gasteiger partial charge in [-0.15, -0.1) is 0 Å². The fourth-order valence-corrected chi connectivity index (χ4v) is 0.275. The van der Waals surface area contributed by atoms with Crippen molar-refractivity contribution in [2.45, 2.75) is 30.6 Å². The highest BCUT2D eigenvalue weighted by Crippen LogP contribution is 2.34. The molecule has 118 valence electrons. The molecule has 0 bridgehead atoms. The summed E-state index contributed by atoms with van der Waals surface area (Å²) in [5, 5.41) is 14.9. The lowest BCUT2D eigenvalue weighted by atomic mass is 10.3. The quantitative estimate of drug-likeness (QED) is 0.730. The lowest BCUT2D eigenvalue weighted by Crippen LogP contribution is -2.41. The number of hydrogen-bond donors (Lipinski definition) is 2. The number of aliphatic hydroxyl groups is 2. The van der Waals surface area contributed by atoms with E-state index in [-0.39, 0.29) is 0 Å². The van der Waals surface area contributed by atoms with Crippen molar-refractivity contribution in [2.24, 2.45) is 0 Å². The van der Waals surface area contributed by atoms with E-state index < -0.39 is 37.2 Å². The Hall–Kier alpha value is -0.850. The Kier molecular flexibility index (Phi) is 6.54. The fraction of sp³-hybridized carbons (Fsp3) is 1.00. The molecular formula is C6H5F11O2. The molecule has 0 amide bonds. The van der Waals surface area contributed by atoms with Crippen LogP contribution < -0.4 is 0 Å². The van der Waals surface area contributed by atoms with Crippen molar-refractivity contribution in [1.82, 2.24) is 0 Å². The fourth-order valence-electron chi connectivity index (χ4n) is 0.275. The summed E-state index contributed by atoms with van der Waals surface area (Å²) >= 11 is 0. The molecule has 0 unspecified atom stereocenters. The molecule has 2 N–H and O–H groups in total. The lowest BCUT2D eigenvalue weighted by molar-refractivity contribution is -0.308. The average molecular weight is 318 g/mol. The third kappa shape index (κ3) is 7.34. The third-order valence-corrected chi connectivity index (χ3v) is 1.23. The van der Waals surface area contributed by atoms with Gasteiger partial charge in [0, 0.05) is 0 Å². The SMILES string of the molecule is OC(C(F)(F)F)C(F)(F)F.OCC(F)(F)C(F)(F)F. The smallest absolute Gasteiger partial charge is 0.390 e. The molecule has 2 nitrogen and oxygen atoms in total. The van der Waals surface area contributed by atoms with Crippen molar-refractivity contribution < 1.29 is 58.5 Å². The maximum absolute atomic E-state index is 11.3. The molecule has 0 heterocycles. The molecule has 0 aliphatic rings. The summed E-state index contributed by atoms with van der Waals surface area (Å²) in [4.78, 5) is 0. The Morgan fingerprint density at radius 2 is 0.947 bits per heavy atom. The van der Waals surface area contributed by atoms with E-state index in [0.717, 1.165) is 0 Å². The minimum absolute atomic E-state index is 2.20. The molecule has 0 aliphatic carbocycles. The minimum Gasteiger partial charge on any atom is -0.390 e. The zero-order valence-electron chi connectivity index (χ0n) is 8.34. The predicted molar refractivity (Wildman–Crippen MR) is 36.2 cm³/mol. The summed E-state index contributed by atoms with van der Waals surface area (Å²) in [7, 11) is 0. The second-order valence-corrected chi connectivity index (χ2v) is 2.85. The molecular weight excluding hydrogens is 313 g/mol. The molecule has 0 aromatic carbocycles. The van der Waals surface area contributed by atoms with E-state index in [0.29, 0.717) is 0 Å². The molecule has 0 aliphatic heterocycles. The van der Waals surface area contributed by atoms with Crippen molar-refractivity contribution >= 4 is 0 Å². The van der Waals surface area contributed by atoms with Crippen LogP contribution in [0, 0.1) is 0 Å². The maximum atomic E-state index is 11.3. The predicted octanol–water partition coefficient (Wildman–Crippen LogP) is 2.65. The molecule has 19 heavy (non-hydrogen) atoms. The van der Waals surface area contributed by atoms with Gasteiger partial charge in [0.25, 0.3) is 0 Å². The van der Waals surface area contributed by atoms with Gasteiger partial charge in [-0.3, -0.25) is 0 Å². The van der Waals surface area contributed by atoms with E-state index in [9.17, 15) is 48.3 Å². The Balaban J connectivity index is 0. The number of alkyl halides is 11. The van der Waals surface area contributed by atoms with Gasteiger partial charge >= 0.3 is 24.5 Å². The van der Waals surface area contributed by atoms with Gasteiger partial charge in [0.2, 0.25) is 6.10 Å². The number of aliphatic hydroxyl groups excluding tert-OH is 2. The van der Waals surface area contributed by atoms with Crippen molar-refractivity contribution in [3.05, 3.63) is 0 Å².